The Bertz CT molecular complexity index is 496. The number of ether oxygens (including phenoxy) is 1. The van der Waals surface area contributed by atoms with Gasteiger partial charge >= 0.3 is 5.97 Å². The number of rotatable bonds is 2. The molecule has 4 nitrogen and oxygen atoms in total. The van der Waals surface area contributed by atoms with Crippen molar-refractivity contribution < 1.29 is 14.3 Å². The topological polar surface area (TPSA) is 46.6 Å². The van der Waals surface area contributed by atoms with E-state index in [-0.39, 0.29) is 17.8 Å². The lowest BCUT2D eigenvalue weighted by Gasteiger charge is -2.14. The molecule has 0 spiro atoms. The summed E-state index contributed by atoms with van der Waals surface area (Å²) >= 11 is 0. The third-order valence-electron chi connectivity index (χ3n) is 3.20. The molecule has 0 saturated heterocycles. The molecule has 1 aliphatic heterocycles. The molecule has 1 aliphatic rings. The van der Waals surface area contributed by atoms with E-state index in [0.29, 0.717) is 18.7 Å². The Morgan fingerprint density at radius 1 is 1.44 bits per heavy atom. The van der Waals surface area contributed by atoms with Crippen LogP contribution in [0.2, 0.25) is 0 Å². The van der Waals surface area contributed by atoms with Crippen LogP contribution in [-0.4, -0.2) is 25.0 Å². The summed E-state index contributed by atoms with van der Waals surface area (Å²) in [7, 11) is 0. The van der Waals surface area contributed by atoms with E-state index in [1.54, 1.807) is 24.8 Å². The van der Waals surface area contributed by atoms with Crippen LogP contribution in [0.1, 0.15) is 42.6 Å². The number of carbonyl (C=O) groups excluding carboxylic acids is 2. The van der Waals surface area contributed by atoms with E-state index in [2.05, 4.69) is 6.92 Å². The van der Waals surface area contributed by atoms with Gasteiger partial charge in [0.15, 0.2) is 0 Å². The number of benzene rings is 1. The number of amides is 1. The van der Waals surface area contributed by atoms with Crippen molar-refractivity contribution in [2.75, 3.05) is 18.1 Å². The van der Waals surface area contributed by atoms with Gasteiger partial charge in [-0.1, -0.05) is 6.92 Å². The molecule has 1 atom stereocenters. The number of hydrogen-bond donors (Lipinski definition) is 0. The minimum atomic E-state index is -0.311. The first-order valence-electron chi connectivity index (χ1n) is 6.13. The maximum absolute atomic E-state index is 11.7. The Morgan fingerprint density at radius 3 is 2.78 bits per heavy atom. The minimum absolute atomic E-state index is 0.0319. The average molecular weight is 247 g/mol. The van der Waals surface area contributed by atoms with Crippen LogP contribution in [0.3, 0.4) is 0 Å². The van der Waals surface area contributed by atoms with E-state index >= 15 is 0 Å². The van der Waals surface area contributed by atoms with Gasteiger partial charge in [0, 0.05) is 25.1 Å². The summed E-state index contributed by atoms with van der Waals surface area (Å²) in [6.45, 7) is 6.44. The van der Waals surface area contributed by atoms with Gasteiger partial charge in [-0.05, 0) is 30.7 Å². The molecule has 18 heavy (non-hydrogen) atoms. The Kier molecular flexibility index (Phi) is 3.36. The lowest BCUT2D eigenvalue weighted by molar-refractivity contribution is -0.116. The molecule has 2 rings (SSSR count). The predicted octanol–water partition coefficient (Wildman–Crippen LogP) is 2.33. The molecule has 96 valence electrons. The van der Waals surface area contributed by atoms with E-state index < -0.39 is 0 Å². The van der Waals surface area contributed by atoms with Gasteiger partial charge in [-0.3, -0.25) is 4.79 Å². The van der Waals surface area contributed by atoms with Crippen molar-refractivity contribution in [3.63, 3.8) is 0 Å². The molecule has 0 aliphatic carbocycles. The quantitative estimate of drug-likeness (QED) is 0.753. The van der Waals surface area contributed by atoms with Crippen molar-refractivity contribution >= 4 is 17.6 Å². The maximum Gasteiger partial charge on any atom is 0.338 e. The molecule has 0 fully saturated rings. The highest BCUT2D eigenvalue weighted by molar-refractivity contribution is 5.96. The summed E-state index contributed by atoms with van der Waals surface area (Å²) in [4.78, 5) is 24.9. The molecule has 1 amide bonds. The van der Waals surface area contributed by atoms with Crippen molar-refractivity contribution in [1.29, 1.82) is 0 Å². The largest absolute Gasteiger partial charge is 0.462 e. The van der Waals surface area contributed by atoms with Gasteiger partial charge in [-0.25, -0.2) is 4.79 Å². The molecule has 0 N–H and O–H groups in total. The third kappa shape index (κ3) is 2.10. The lowest BCUT2D eigenvalue weighted by Crippen LogP contribution is -2.26. The molecule has 1 heterocycles. The predicted molar refractivity (Wildman–Crippen MR) is 68.8 cm³/mol. The highest BCUT2D eigenvalue weighted by atomic mass is 16.5. The summed E-state index contributed by atoms with van der Waals surface area (Å²) in [6.07, 6.45) is 0. The number of esters is 1. The Hall–Kier alpha value is -1.84. The molecular formula is C14H17NO3. The van der Waals surface area contributed by atoms with Gasteiger partial charge in [0.1, 0.15) is 0 Å². The van der Waals surface area contributed by atoms with E-state index in [1.807, 2.05) is 12.1 Å². The number of fused-ring (bicyclic) bond motifs is 1. The van der Waals surface area contributed by atoms with Crippen LogP contribution in [0.5, 0.6) is 0 Å². The Labute approximate surface area is 107 Å². The monoisotopic (exact) mass is 247 g/mol. The normalized spacial score (nSPS) is 17.5. The van der Waals surface area contributed by atoms with Crippen LogP contribution in [0.25, 0.3) is 0 Å². The number of nitrogens with zero attached hydrogens (tertiary/aromatic N) is 1. The standard InChI is InChI=1S/C14H17NO3/c1-4-18-14(17)11-5-6-13-12(7-11)9(2)8-15(13)10(3)16/h5-7,9H,4,8H2,1-3H3. The molecule has 0 saturated carbocycles. The van der Waals surface area contributed by atoms with E-state index in [0.717, 1.165) is 11.3 Å². The summed E-state index contributed by atoms with van der Waals surface area (Å²) in [5, 5.41) is 0. The van der Waals surface area contributed by atoms with E-state index in [1.165, 1.54) is 0 Å². The summed E-state index contributed by atoms with van der Waals surface area (Å²) in [5.74, 6) is -0.0310. The molecule has 4 heteroatoms. The molecular weight excluding hydrogens is 230 g/mol. The SMILES string of the molecule is CCOC(=O)c1ccc2c(c1)C(C)CN2C(C)=O. The molecule has 0 radical (unpaired) electrons. The van der Waals surface area contributed by atoms with Gasteiger partial charge in [-0.15, -0.1) is 0 Å². The Balaban J connectivity index is 2.36. The molecule has 0 bridgehead atoms. The minimum Gasteiger partial charge on any atom is -0.462 e. The van der Waals surface area contributed by atoms with Gasteiger partial charge in [-0.2, -0.15) is 0 Å². The van der Waals surface area contributed by atoms with Crippen molar-refractivity contribution in [2.24, 2.45) is 0 Å². The highest BCUT2D eigenvalue weighted by Crippen LogP contribution is 2.36. The maximum atomic E-state index is 11.7. The number of anilines is 1. The first-order chi connectivity index (χ1) is 8.54. The lowest BCUT2D eigenvalue weighted by atomic mass is 10.0. The molecule has 0 aromatic heterocycles. The summed E-state index contributed by atoms with van der Waals surface area (Å²) in [5.41, 5.74) is 2.49. The second-order valence-electron chi connectivity index (χ2n) is 4.52. The third-order valence-corrected chi connectivity index (χ3v) is 3.20. The first-order valence-corrected chi connectivity index (χ1v) is 6.13. The second kappa shape index (κ2) is 4.80. The van der Waals surface area contributed by atoms with Gasteiger partial charge in [0.05, 0.1) is 12.2 Å². The highest BCUT2D eigenvalue weighted by Gasteiger charge is 2.28. The van der Waals surface area contributed by atoms with E-state index in [9.17, 15) is 9.59 Å². The second-order valence-corrected chi connectivity index (χ2v) is 4.52. The summed E-state index contributed by atoms with van der Waals surface area (Å²) in [6, 6.07) is 5.37. The molecule has 1 aromatic carbocycles. The summed E-state index contributed by atoms with van der Waals surface area (Å²) < 4.78 is 4.98. The van der Waals surface area contributed by atoms with Crippen LogP contribution in [0.4, 0.5) is 5.69 Å². The fraction of sp³-hybridized carbons (Fsp3) is 0.429. The van der Waals surface area contributed by atoms with Crippen LogP contribution >= 0.6 is 0 Å². The number of hydrogen-bond acceptors (Lipinski definition) is 3. The smallest absolute Gasteiger partial charge is 0.338 e. The zero-order chi connectivity index (χ0) is 13.3. The van der Waals surface area contributed by atoms with Crippen molar-refractivity contribution in [3.05, 3.63) is 29.3 Å². The number of carbonyl (C=O) groups is 2. The van der Waals surface area contributed by atoms with Gasteiger partial charge in [0.25, 0.3) is 0 Å². The van der Waals surface area contributed by atoms with Crippen molar-refractivity contribution in [1.82, 2.24) is 0 Å². The van der Waals surface area contributed by atoms with E-state index in [4.69, 9.17) is 4.74 Å². The zero-order valence-corrected chi connectivity index (χ0v) is 10.9. The van der Waals surface area contributed by atoms with Gasteiger partial charge in [0.2, 0.25) is 5.91 Å². The van der Waals surface area contributed by atoms with Crippen LogP contribution in [0.15, 0.2) is 18.2 Å². The van der Waals surface area contributed by atoms with Crippen molar-refractivity contribution in [3.8, 4) is 0 Å². The molecule has 1 aromatic rings. The van der Waals surface area contributed by atoms with Gasteiger partial charge < -0.3 is 9.64 Å². The fourth-order valence-electron chi connectivity index (χ4n) is 2.31. The average Bonchev–Trinajstić information content (AvgIpc) is 2.67. The van der Waals surface area contributed by atoms with Crippen molar-refractivity contribution in [2.45, 2.75) is 26.7 Å². The Morgan fingerprint density at radius 2 is 2.17 bits per heavy atom. The fourth-order valence-corrected chi connectivity index (χ4v) is 2.31. The zero-order valence-electron chi connectivity index (χ0n) is 10.9. The van der Waals surface area contributed by atoms with Crippen LogP contribution in [-0.2, 0) is 9.53 Å². The van der Waals surface area contributed by atoms with Crippen LogP contribution in [0, 0.1) is 0 Å². The van der Waals surface area contributed by atoms with Crippen LogP contribution < -0.4 is 4.90 Å². The molecule has 1 unspecified atom stereocenters. The first kappa shape index (κ1) is 12.6.